The highest BCUT2D eigenvalue weighted by Crippen LogP contribution is 1.99. The maximum absolute atomic E-state index is 3.63. The molecule has 0 spiro atoms. The molecule has 0 aromatic rings. The second-order valence-electron chi connectivity index (χ2n) is 3.01. The fourth-order valence-corrected chi connectivity index (χ4v) is 0.683. The Balaban J connectivity index is 3.35. The summed E-state index contributed by atoms with van der Waals surface area (Å²) in [5, 5.41) is 0. The summed E-state index contributed by atoms with van der Waals surface area (Å²) >= 11 is 0. The van der Waals surface area contributed by atoms with E-state index in [1.807, 2.05) is 6.08 Å². The van der Waals surface area contributed by atoms with Crippen LogP contribution in [0.5, 0.6) is 0 Å². The van der Waals surface area contributed by atoms with Gasteiger partial charge in [0.25, 0.3) is 0 Å². The number of hydrogen-bond acceptors (Lipinski definition) is 0. The van der Waals surface area contributed by atoms with E-state index in [1.54, 1.807) is 0 Å². The van der Waals surface area contributed by atoms with Crippen molar-refractivity contribution >= 4 is 0 Å². The zero-order chi connectivity index (χ0) is 8.53. The standard InChI is InChI=1S/C11H18/c1-4-5-6-7-8-9-10-11(2)3/h4,6-9,11H,1,5,10H2,2-3H3. The van der Waals surface area contributed by atoms with Crippen LogP contribution in [0.1, 0.15) is 26.7 Å². The third-order valence-electron chi connectivity index (χ3n) is 1.29. The van der Waals surface area contributed by atoms with Gasteiger partial charge < -0.3 is 0 Å². The molecule has 0 aromatic heterocycles. The lowest BCUT2D eigenvalue weighted by atomic mass is 10.1. The molecule has 0 heteroatoms. The van der Waals surface area contributed by atoms with Crippen molar-refractivity contribution in [3.8, 4) is 0 Å². The minimum Gasteiger partial charge on any atom is -0.103 e. The summed E-state index contributed by atoms with van der Waals surface area (Å²) in [6, 6.07) is 0. The van der Waals surface area contributed by atoms with Crippen LogP contribution >= 0.6 is 0 Å². The second-order valence-corrected chi connectivity index (χ2v) is 3.01. The average molecular weight is 150 g/mol. The Morgan fingerprint density at radius 3 is 2.36 bits per heavy atom. The van der Waals surface area contributed by atoms with Gasteiger partial charge in [0, 0.05) is 0 Å². The highest BCUT2D eigenvalue weighted by Gasteiger charge is 1.84. The zero-order valence-corrected chi connectivity index (χ0v) is 7.59. The molecule has 0 amide bonds. The van der Waals surface area contributed by atoms with E-state index in [0.29, 0.717) is 0 Å². The summed E-state index contributed by atoms with van der Waals surface area (Å²) in [5.41, 5.74) is 0. The van der Waals surface area contributed by atoms with E-state index in [9.17, 15) is 0 Å². The summed E-state index contributed by atoms with van der Waals surface area (Å²) in [6.07, 6.45) is 12.5. The van der Waals surface area contributed by atoms with Gasteiger partial charge in [0.15, 0.2) is 0 Å². The molecule has 0 saturated carbocycles. The lowest BCUT2D eigenvalue weighted by molar-refractivity contribution is 0.664. The largest absolute Gasteiger partial charge is 0.103 e. The van der Waals surface area contributed by atoms with Gasteiger partial charge in [-0.05, 0) is 18.8 Å². The Labute approximate surface area is 70.3 Å². The third-order valence-corrected chi connectivity index (χ3v) is 1.29. The molecule has 0 atom stereocenters. The van der Waals surface area contributed by atoms with Crippen molar-refractivity contribution in [2.45, 2.75) is 26.7 Å². The topological polar surface area (TPSA) is 0 Å². The number of rotatable bonds is 5. The molecule has 0 aliphatic carbocycles. The van der Waals surface area contributed by atoms with Crippen LogP contribution in [0, 0.1) is 5.92 Å². The fraction of sp³-hybridized carbons (Fsp3) is 0.455. The van der Waals surface area contributed by atoms with Gasteiger partial charge in [-0.3, -0.25) is 0 Å². The summed E-state index contributed by atoms with van der Waals surface area (Å²) in [5.74, 6) is 0.763. The first-order valence-electron chi connectivity index (χ1n) is 4.20. The molecular weight excluding hydrogens is 132 g/mol. The van der Waals surface area contributed by atoms with Crippen LogP contribution in [0.15, 0.2) is 37.0 Å². The van der Waals surface area contributed by atoms with Crippen LogP contribution in [-0.4, -0.2) is 0 Å². The van der Waals surface area contributed by atoms with Gasteiger partial charge in [0.05, 0.1) is 0 Å². The first-order chi connectivity index (χ1) is 5.27. The number of hydrogen-bond donors (Lipinski definition) is 0. The molecule has 0 nitrogen and oxygen atoms in total. The second kappa shape index (κ2) is 7.33. The normalized spacial score (nSPS) is 11.9. The van der Waals surface area contributed by atoms with Gasteiger partial charge in [-0.25, -0.2) is 0 Å². The quantitative estimate of drug-likeness (QED) is 0.414. The van der Waals surface area contributed by atoms with Crippen molar-refractivity contribution in [3.05, 3.63) is 37.0 Å². The highest BCUT2D eigenvalue weighted by atomic mass is 13.9. The maximum atomic E-state index is 3.63. The number of allylic oxidation sites excluding steroid dienone is 5. The van der Waals surface area contributed by atoms with Crippen molar-refractivity contribution in [1.82, 2.24) is 0 Å². The first-order valence-corrected chi connectivity index (χ1v) is 4.20. The van der Waals surface area contributed by atoms with Crippen LogP contribution in [-0.2, 0) is 0 Å². The lowest BCUT2D eigenvalue weighted by Gasteiger charge is -1.94. The van der Waals surface area contributed by atoms with Crippen LogP contribution in [0.2, 0.25) is 0 Å². The molecule has 0 aliphatic rings. The van der Waals surface area contributed by atoms with Crippen molar-refractivity contribution in [2.24, 2.45) is 5.92 Å². The molecule has 0 rings (SSSR count). The maximum Gasteiger partial charge on any atom is -0.0169 e. The summed E-state index contributed by atoms with van der Waals surface area (Å²) in [4.78, 5) is 0. The SMILES string of the molecule is C=CCC=CC=CCC(C)C. The van der Waals surface area contributed by atoms with Gasteiger partial charge in [0.1, 0.15) is 0 Å². The van der Waals surface area contributed by atoms with Crippen molar-refractivity contribution in [2.75, 3.05) is 0 Å². The lowest BCUT2D eigenvalue weighted by Crippen LogP contribution is -1.80. The van der Waals surface area contributed by atoms with Crippen molar-refractivity contribution < 1.29 is 0 Å². The molecule has 11 heavy (non-hydrogen) atoms. The Bertz CT molecular complexity index is 138. The molecule has 0 aromatic carbocycles. The van der Waals surface area contributed by atoms with Crippen LogP contribution < -0.4 is 0 Å². The van der Waals surface area contributed by atoms with Crippen LogP contribution in [0.4, 0.5) is 0 Å². The Kier molecular flexibility index (Phi) is 6.81. The van der Waals surface area contributed by atoms with E-state index >= 15 is 0 Å². The fourth-order valence-electron chi connectivity index (χ4n) is 0.683. The monoisotopic (exact) mass is 150 g/mol. The van der Waals surface area contributed by atoms with Gasteiger partial charge in [-0.2, -0.15) is 0 Å². The van der Waals surface area contributed by atoms with E-state index < -0.39 is 0 Å². The summed E-state index contributed by atoms with van der Waals surface area (Å²) < 4.78 is 0. The van der Waals surface area contributed by atoms with Gasteiger partial charge in [-0.15, -0.1) is 6.58 Å². The Morgan fingerprint density at radius 1 is 1.18 bits per heavy atom. The average Bonchev–Trinajstić information content (AvgIpc) is 1.96. The molecule has 0 fully saturated rings. The third kappa shape index (κ3) is 9.22. The van der Waals surface area contributed by atoms with Gasteiger partial charge >= 0.3 is 0 Å². The smallest absolute Gasteiger partial charge is 0.0169 e. The van der Waals surface area contributed by atoms with Crippen LogP contribution in [0.25, 0.3) is 0 Å². The highest BCUT2D eigenvalue weighted by molar-refractivity contribution is 5.04. The first kappa shape index (κ1) is 10.2. The van der Waals surface area contributed by atoms with E-state index in [0.717, 1.165) is 12.3 Å². The molecule has 0 saturated heterocycles. The van der Waals surface area contributed by atoms with Gasteiger partial charge in [0.2, 0.25) is 0 Å². The Hall–Kier alpha value is -0.780. The molecule has 0 N–H and O–H groups in total. The van der Waals surface area contributed by atoms with Crippen molar-refractivity contribution in [3.63, 3.8) is 0 Å². The molecule has 0 radical (unpaired) electrons. The molecule has 0 bridgehead atoms. The molecule has 62 valence electrons. The van der Waals surface area contributed by atoms with E-state index in [1.165, 1.54) is 6.42 Å². The van der Waals surface area contributed by atoms with E-state index in [4.69, 9.17) is 0 Å². The summed E-state index contributed by atoms with van der Waals surface area (Å²) in [6.45, 7) is 8.07. The van der Waals surface area contributed by atoms with Gasteiger partial charge in [-0.1, -0.05) is 44.2 Å². The summed E-state index contributed by atoms with van der Waals surface area (Å²) in [7, 11) is 0. The van der Waals surface area contributed by atoms with Crippen molar-refractivity contribution in [1.29, 1.82) is 0 Å². The zero-order valence-electron chi connectivity index (χ0n) is 7.59. The Morgan fingerprint density at radius 2 is 1.82 bits per heavy atom. The minimum atomic E-state index is 0.763. The predicted molar refractivity (Wildman–Crippen MR) is 52.5 cm³/mol. The van der Waals surface area contributed by atoms with E-state index in [-0.39, 0.29) is 0 Å². The van der Waals surface area contributed by atoms with E-state index in [2.05, 4.69) is 44.7 Å². The molecule has 0 unspecified atom stereocenters. The minimum absolute atomic E-state index is 0.763. The molecule has 0 aliphatic heterocycles. The predicted octanol–water partition coefficient (Wildman–Crippen LogP) is 3.72. The molecule has 0 heterocycles. The molecular formula is C11H18. The van der Waals surface area contributed by atoms with Crippen LogP contribution in [0.3, 0.4) is 0 Å².